The Kier molecular flexibility index (Phi) is 6.18. The molecule has 3 heterocycles. The molecule has 5 N–H and O–H groups in total. The van der Waals surface area contributed by atoms with E-state index in [1.54, 1.807) is 45.3 Å². The van der Waals surface area contributed by atoms with Gasteiger partial charge >= 0.3 is 0 Å². The normalized spacial score (nSPS) is 24.3. The number of aromatic nitrogens is 2. The van der Waals surface area contributed by atoms with E-state index in [1.807, 2.05) is 0 Å². The molecule has 2 aromatic heterocycles. The van der Waals surface area contributed by atoms with Crippen molar-refractivity contribution in [2.24, 2.45) is 17.6 Å². The number of nitrogens with two attached hydrogens (primary N) is 1. The second kappa shape index (κ2) is 8.72. The lowest BCUT2D eigenvalue weighted by molar-refractivity contribution is -0.155. The van der Waals surface area contributed by atoms with Crippen LogP contribution in [0.5, 0.6) is 0 Å². The molecule has 1 fully saturated rings. The summed E-state index contributed by atoms with van der Waals surface area (Å²) in [6.45, 7) is 6.62. The number of pyridine rings is 1. The largest absolute Gasteiger partial charge is 0.394 e. The second-order valence-electron chi connectivity index (χ2n) is 9.96. The number of aryl methyl sites for hydroxylation is 1. The van der Waals surface area contributed by atoms with Crippen LogP contribution in [0.1, 0.15) is 37.5 Å². The number of aliphatic hydroxyl groups excluding tert-OH is 1. The fourth-order valence-corrected chi connectivity index (χ4v) is 5.38. The van der Waals surface area contributed by atoms with Gasteiger partial charge in [0.05, 0.1) is 12.2 Å². The fraction of sp³-hybridized carbons (Fsp3) is 0.423. The van der Waals surface area contributed by atoms with Gasteiger partial charge in [0.25, 0.3) is 0 Å². The molecule has 0 aliphatic carbocycles. The number of fused-ring (bicyclic) bond motifs is 1. The van der Waals surface area contributed by atoms with Crippen molar-refractivity contribution in [2.45, 2.75) is 38.8 Å². The Morgan fingerprint density at radius 2 is 2.06 bits per heavy atom. The van der Waals surface area contributed by atoms with E-state index < -0.39 is 41.3 Å². The van der Waals surface area contributed by atoms with Gasteiger partial charge in [0.2, 0.25) is 5.91 Å². The minimum absolute atomic E-state index is 0.174. The van der Waals surface area contributed by atoms with Crippen LogP contribution in [0.3, 0.4) is 0 Å². The Morgan fingerprint density at radius 1 is 1.40 bits per heavy atom. The molecule has 4 atom stereocenters. The lowest BCUT2D eigenvalue weighted by Gasteiger charge is -2.49. The van der Waals surface area contributed by atoms with E-state index >= 15 is 4.39 Å². The first-order valence-electron chi connectivity index (χ1n) is 11.5. The predicted octanol–water partition coefficient (Wildman–Crippen LogP) is 2.56. The van der Waals surface area contributed by atoms with Crippen LogP contribution in [0.25, 0.3) is 22.2 Å². The van der Waals surface area contributed by atoms with Crippen LogP contribution in [0.2, 0.25) is 0 Å². The molecular weight excluding hydrogens is 449 g/mol. The van der Waals surface area contributed by atoms with E-state index in [2.05, 4.69) is 16.0 Å². The Bertz CT molecular complexity index is 1310. The molecule has 0 radical (unpaired) electrons. The molecule has 1 unspecified atom stereocenters. The van der Waals surface area contributed by atoms with Crippen LogP contribution < -0.4 is 5.73 Å². The number of hydrogen-bond acceptors (Lipinski definition) is 6. The van der Waals surface area contributed by atoms with Crippen molar-refractivity contribution < 1.29 is 19.4 Å². The van der Waals surface area contributed by atoms with Gasteiger partial charge in [-0.15, -0.1) is 0 Å². The predicted molar refractivity (Wildman–Crippen MR) is 129 cm³/mol. The van der Waals surface area contributed by atoms with Crippen LogP contribution in [-0.2, 0) is 10.4 Å². The van der Waals surface area contributed by atoms with Crippen LogP contribution in [0, 0.1) is 35.9 Å². The maximum Gasteiger partial charge on any atom is 0.244 e. The van der Waals surface area contributed by atoms with Crippen LogP contribution >= 0.6 is 0 Å². The number of aromatic amines is 1. The summed E-state index contributed by atoms with van der Waals surface area (Å²) in [6.07, 6.45) is 3.17. The van der Waals surface area contributed by atoms with Crippen molar-refractivity contribution in [1.82, 2.24) is 14.9 Å². The topological polar surface area (TPSA) is 139 Å². The number of nitrogens with one attached hydrogen (secondary N) is 1. The minimum atomic E-state index is -1.52. The summed E-state index contributed by atoms with van der Waals surface area (Å²) >= 11 is 0. The van der Waals surface area contributed by atoms with Crippen molar-refractivity contribution in [3.8, 4) is 17.2 Å². The summed E-state index contributed by atoms with van der Waals surface area (Å²) in [4.78, 5) is 21.6. The maximum absolute atomic E-state index is 15.8. The smallest absolute Gasteiger partial charge is 0.244 e. The number of benzene rings is 1. The number of amides is 1. The van der Waals surface area contributed by atoms with Crippen molar-refractivity contribution >= 4 is 16.9 Å². The number of carbonyl (C=O) groups excluding carboxylic acids is 1. The highest BCUT2D eigenvalue weighted by Crippen LogP contribution is 2.45. The number of H-pyrrole nitrogens is 1. The van der Waals surface area contributed by atoms with Gasteiger partial charge in [-0.05, 0) is 42.7 Å². The van der Waals surface area contributed by atoms with Crippen molar-refractivity contribution in [1.29, 1.82) is 5.26 Å². The molecule has 1 aliphatic rings. The van der Waals surface area contributed by atoms with Gasteiger partial charge in [0.15, 0.2) is 0 Å². The van der Waals surface area contributed by atoms with Crippen molar-refractivity contribution in [2.75, 3.05) is 19.7 Å². The van der Waals surface area contributed by atoms with E-state index in [4.69, 9.17) is 5.73 Å². The molecule has 1 amide bonds. The first-order valence-corrected chi connectivity index (χ1v) is 11.5. The maximum atomic E-state index is 15.8. The zero-order valence-electron chi connectivity index (χ0n) is 20.3. The molecule has 0 saturated carbocycles. The average Bonchev–Trinajstić information content (AvgIpc) is 3.24. The van der Waals surface area contributed by atoms with Crippen LogP contribution in [-0.4, -0.2) is 56.2 Å². The van der Waals surface area contributed by atoms with Gasteiger partial charge in [0, 0.05) is 48.3 Å². The van der Waals surface area contributed by atoms with Gasteiger partial charge in [-0.3, -0.25) is 4.79 Å². The van der Waals surface area contributed by atoms with Gasteiger partial charge in [-0.1, -0.05) is 19.9 Å². The molecule has 1 aromatic carbocycles. The number of rotatable bonds is 4. The Hall–Kier alpha value is -3.32. The first kappa shape index (κ1) is 24.8. The van der Waals surface area contributed by atoms with E-state index in [1.165, 1.54) is 17.9 Å². The summed E-state index contributed by atoms with van der Waals surface area (Å²) in [7, 11) is 0. The quantitative estimate of drug-likeness (QED) is 0.454. The standard InChI is InChI=1S/C26H30FN5O3/c1-14-7-17(19-5-6-30-23-21(19)18(9-28)10-31-23)8-20(27)22(14)26(35)15(2)11-32(12-16(26)3)24(34)25(4,29)13-33/h5-8,10,15-16,33,35H,11-13,29H2,1-4H3,(H,30,31)/t15-,16+,25-,26?/m1/s1. The number of hydrogen-bond donors (Lipinski definition) is 4. The molecule has 35 heavy (non-hydrogen) atoms. The summed E-state index contributed by atoms with van der Waals surface area (Å²) < 4.78 is 15.8. The number of aliphatic hydroxyl groups is 2. The third kappa shape index (κ3) is 3.88. The highest BCUT2D eigenvalue weighted by molar-refractivity contribution is 5.97. The minimum Gasteiger partial charge on any atom is -0.394 e. The molecule has 8 nitrogen and oxygen atoms in total. The van der Waals surface area contributed by atoms with E-state index in [9.17, 15) is 20.3 Å². The first-order chi connectivity index (χ1) is 16.4. The van der Waals surface area contributed by atoms with Crippen LogP contribution in [0.4, 0.5) is 4.39 Å². The van der Waals surface area contributed by atoms with Gasteiger partial charge < -0.3 is 25.8 Å². The number of carbonyl (C=O) groups is 1. The lowest BCUT2D eigenvalue weighted by atomic mass is 9.69. The highest BCUT2D eigenvalue weighted by Gasteiger charge is 2.50. The van der Waals surface area contributed by atoms with E-state index in [0.29, 0.717) is 33.3 Å². The van der Waals surface area contributed by atoms with E-state index in [0.717, 1.165) is 0 Å². The molecule has 1 saturated heterocycles. The third-order valence-electron chi connectivity index (χ3n) is 7.29. The van der Waals surface area contributed by atoms with Crippen molar-refractivity contribution in [3.05, 3.63) is 53.1 Å². The molecule has 0 bridgehead atoms. The Morgan fingerprint density at radius 3 is 2.63 bits per heavy atom. The number of nitrogens with zero attached hydrogens (tertiary/aromatic N) is 3. The molecule has 3 aromatic rings. The Balaban J connectivity index is 1.75. The number of piperidine rings is 1. The van der Waals surface area contributed by atoms with Crippen molar-refractivity contribution in [3.63, 3.8) is 0 Å². The summed E-state index contributed by atoms with van der Waals surface area (Å²) in [5.74, 6) is -1.95. The number of likely N-dealkylation sites (tertiary alicyclic amines) is 1. The third-order valence-corrected chi connectivity index (χ3v) is 7.29. The van der Waals surface area contributed by atoms with Gasteiger partial charge in [0.1, 0.15) is 28.7 Å². The average molecular weight is 480 g/mol. The highest BCUT2D eigenvalue weighted by atomic mass is 19.1. The summed E-state index contributed by atoms with van der Waals surface area (Å²) in [5.41, 5.74) is 5.96. The van der Waals surface area contributed by atoms with Crippen LogP contribution in [0.15, 0.2) is 30.6 Å². The molecule has 0 spiro atoms. The molecular formula is C26H30FN5O3. The summed E-state index contributed by atoms with van der Waals surface area (Å²) in [5, 5.41) is 31.5. The zero-order chi connectivity index (χ0) is 25.7. The molecule has 9 heteroatoms. The van der Waals surface area contributed by atoms with Gasteiger partial charge in [-0.2, -0.15) is 5.26 Å². The molecule has 4 rings (SSSR count). The second-order valence-corrected chi connectivity index (χ2v) is 9.96. The Labute approximate surface area is 203 Å². The number of halogens is 1. The summed E-state index contributed by atoms with van der Waals surface area (Å²) in [6, 6.07) is 7.05. The molecule has 1 aliphatic heterocycles. The zero-order valence-corrected chi connectivity index (χ0v) is 20.3. The monoisotopic (exact) mass is 479 g/mol. The van der Waals surface area contributed by atoms with E-state index in [-0.39, 0.29) is 18.7 Å². The fourth-order valence-electron chi connectivity index (χ4n) is 5.38. The SMILES string of the molecule is Cc1cc(-c2ccnc3[nH]cc(C#N)c23)cc(F)c1C1(O)[C@H](C)CN(C(=O)[C@](C)(N)CO)C[C@@H]1C. The number of nitriles is 1. The lowest BCUT2D eigenvalue weighted by Crippen LogP contribution is -2.62. The molecule has 184 valence electrons. The van der Waals surface area contributed by atoms with Gasteiger partial charge in [-0.25, -0.2) is 9.37 Å².